The molecule has 0 aliphatic carbocycles. The number of hydrogen-bond acceptors (Lipinski definition) is 1. The molecule has 0 bridgehead atoms. The average Bonchev–Trinajstić information content (AvgIpc) is 2.61. The van der Waals surface area contributed by atoms with Gasteiger partial charge in [0.05, 0.1) is 0 Å². The lowest BCUT2D eigenvalue weighted by Gasteiger charge is -2.08. The van der Waals surface area contributed by atoms with Gasteiger partial charge in [-0.15, -0.1) is 0 Å². The van der Waals surface area contributed by atoms with Crippen molar-refractivity contribution in [2.75, 3.05) is 0 Å². The van der Waals surface area contributed by atoms with E-state index in [0.717, 1.165) is 11.1 Å². The van der Waals surface area contributed by atoms with E-state index in [1.165, 1.54) is 0 Å². The zero-order chi connectivity index (χ0) is 16.1. The summed E-state index contributed by atoms with van der Waals surface area (Å²) in [6, 6.07) is 26.5. The number of carbonyl (C=O) groups is 1. The van der Waals surface area contributed by atoms with Crippen molar-refractivity contribution < 1.29 is 4.79 Å². The molecule has 0 spiro atoms. The van der Waals surface area contributed by atoms with Crippen LogP contribution in [0.1, 0.15) is 21.5 Å². The first-order chi connectivity index (χ1) is 11.2. The van der Waals surface area contributed by atoms with E-state index < -0.39 is 0 Å². The Labute approximate surface area is 140 Å². The van der Waals surface area contributed by atoms with Crippen LogP contribution in [-0.4, -0.2) is 5.78 Å². The third-order valence-corrected chi connectivity index (χ3v) is 3.76. The predicted octanol–water partition coefficient (Wildman–Crippen LogP) is 5.76. The zero-order valence-electron chi connectivity index (χ0n) is 12.4. The first-order valence-electron chi connectivity index (χ1n) is 7.36. The summed E-state index contributed by atoms with van der Waals surface area (Å²) in [5, 5.41) is 0.651. The minimum absolute atomic E-state index is 0.00299. The number of carbonyl (C=O) groups excluding carboxylic acids is 1. The monoisotopic (exact) mass is 318 g/mol. The van der Waals surface area contributed by atoms with E-state index in [1.807, 2.05) is 91.0 Å². The number of benzene rings is 3. The van der Waals surface area contributed by atoms with Crippen LogP contribution in [0.2, 0.25) is 5.02 Å². The first-order valence-corrected chi connectivity index (χ1v) is 7.74. The van der Waals surface area contributed by atoms with Gasteiger partial charge in [-0.2, -0.15) is 0 Å². The fourth-order valence-corrected chi connectivity index (χ4v) is 2.60. The number of ketones is 1. The topological polar surface area (TPSA) is 17.1 Å². The largest absolute Gasteiger partial charge is 0.289 e. The molecule has 2 heteroatoms. The summed E-state index contributed by atoms with van der Waals surface area (Å²) >= 11 is 6.06. The van der Waals surface area contributed by atoms with E-state index in [9.17, 15) is 4.79 Å². The molecule has 0 amide bonds. The number of halogens is 1. The van der Waals surface area contributed by atoms with Gasteiger partial charge in [0, 0.05) is 16.2 Å². The Morgan fingerprint density at radius 1 is 0.739 bits per heavy atom. The quantitative estimate of drug-likeness (QED) is 0.339. The van der Waals surface area contributed by atoms with Gasteiger partial charge < -0.3 is 0 Å². The Morgan fingerprint density at radius 2 is 1.35 bits per heavy atom. The maximum atomic E-state index is 12.9. The molecule has 0 radical (unpaired) electrons. The van der Waals surface area contributed by atoms with E-state index in [2.05, 4.69) is 0 Å². The summed E-state index contributed by atoms with van der Waals surface area (Å²) in [6.07, 6.45) is 1.89. The zero-order valence-corrected chi connectivity index (χ0v) is 13.2. The summed E-state index contributed by atoms with van der Waals surface area (Å²) < 4.78 is 0. The maximum Gasteiger partial charge on any atom is 0.193 e. The summed E-state index contributed by atoms with van der Waals surface area (Å²) in [7, 11) is 0. The van der Waals surface area contributed by atoms with Crippen molar-refractivity contribution in [2.45, 2.75) is 0 Å². The highest BCUT2D eigenvalue weighted by Crippen LogP contribution is 2.24. The van der Waals surface area contributed by atoms with E-state index in [4.69, 9.17) is 11.6 Å². The average molecular weight is 319 g/mol. The lowest BCUT2D eigenvalue weighted by molar-refractivity contribution is 0.105. The van der Waals surface area contributed by atoms with E-state index in [0.29, 0.717) is 16.2 Å². The van der Waals surface area contributed by atoms with Gasteiger partial charge in [-0.3, -0.25) is 4.79 Å². The SMILES string of the molecule is O=C(C(=Cc1cccc(Cl)c1)c1ccccc1)c1ccccc1. The van der Waals surface area contributed by atoms with Crippen molar-refractivity contribution >= 4 is 29.0 Å². The number of allylic oxidation sites excluding steroid dienone is 1. The Hall–Kier alpha value is -2.64. The molecule has 0 N–H and O–H groups in total. The van der Waals surface area contributed by atoms with Crippen molar-refractivity contribution in [3.05, 3.63) is 107 Å². The second-order valence-corrected chi connectivity index (χ2v) is 5.61. The lowest BCUT2D eigenvalue weighted by atomic mass is 9.95. The molecule has 0 saturated carbocycles. The molecule has 1 nitrogen and oxygen atoms in total. The van der Waals surface area contributed by atoms with Gasteiger partial charge in [0.1, 0.15) is 0 Å². The third-order valence-electron chi connectivity index (χ3n) is 3.53. The molecule has 3 aromatic rings. The number of Topliss-reactive ketones (excluding diaryl/α,β-unsaturated/α-hetero) is 1. The minimum atomic E-state index is -0.00299. The van der Waals surface area contributed by atoms with Crippen molar-refractivity contribution in [1.82, 2.24) is 0 Å². The van der Waals surface area contributed by atoms with E-state index in [-0.39, 0.29) is 5.78 Å². The second kappa shape index (κ2) is 7.08. The van der Waals surface area contributed by atoms with Crippen LogP contribution in [0.25, 0.3) is 11.6 Å². The van der Waals surface area contributed by atoms with Crippen LogP contribution in [0.15, 0.2) is 84.9 Å². The first kappa shape index (κ1) is 15.3. The Morgan fingerprint density at radius 3 is 1.96 bits per heavy atom. The molecule has 23 heavy (non-hydrogen) atoms. The molecular formula is C21H15ClO. The molecule has 0 saturated heterocycles. The van der Waals surface area contributed by atoms with Gasteiger partial charge in [0.2, 0.25) is 0 Å². The van der Waals surface area contributed by atoms with Crippen molar-refractivity contribution in [3.8, 4) is 0 Å². The van der Waals surface area contributed by atoms with Crippen LogP contribution in [0, 0.1) is 0 Å². The molecule has 0 fully saturated rings. The molecule has 0 aliphatic heterocycles. The standard InChI is InChI=1S/C21H15ClO/c22-19-13-7-8-16(14-19)15-20(17-9-3-1-4-10-17)21(23)18-11-5-2-6-12-18/h1-15H. The molecule has 0 atom stereocenters. The van der Waals surface area contributed by atoms with Crippen LogP contribution >= 0.6 is 11.6 Å². The summed E-state index contributed by atoms with van der Waals surface area (Å²) in [4.78, 5) is 12.9. The van der Waals surface area contributed by atoms with Crippen LogP contribution in [0.4, 0.5) is 0 Å². The molecule has 0 aliphatic rings. The third kappa shape index (κ3) is 3.77. The molecule has 0 heterocycles. The van der Waals surface area contributed by atoms with Crippen molar-refractivity contribution in [3.63, 3.8) is 0 Å². The van der Waals surface area contributed by atoms with Crippen LogP contribution < -0.4 is 0 Å². The van der Waals surface area contributed by atoms with Crippen molar-refractivity contribution in [2.24, 2.45) is 0 Å². The molecule has 3 rings (SSSR count). The molecule has 3 aromatic carbocycles. The molecule has 0 unspecified atom stereocenters. The highest BCUT2D eigenvalue weighted by Gasteiger charge is 2.14. The van der Waals surface area contributed by atoms with Gasteiger partial charge >= 0.3 is 0 Å². The number of hydrogen-bond donors (Lipinski definition) is 0. The van der Waals surface area contributed by atoms with Crippen LogP contribution in [-0.2, 0) is 0 Å². The summed E-state index contributed by atoms with van der Waals surface area (Å²) in [6.45, 7) is 0. The van der Waals surface area contributed by atoms with Crippen LogP contribution in [0.5, 0.6) is 0 Å². The van der Waals surface area contributed by atoms with Gasteiger partial charge in [-0.1, -0.05) is 84.4 Å². The summed E-state index contributed by atoms with van der Waals surface area (Å²) in [5.74, 6) is -0.00299. The van der Waals surface area contributed by atoms with Crippen LogP contribution in [0.3, 0.4) is 0 Å². The van der Waals surface area contributed by atoms with Gasteiger partial charge in [-0.05, 0) is 29.3 Å². The van der Waals surface area contributed by atoms with Gasteiger partial charge in [-0.25, -0.2) is 0 Å². The molecular weight excluding hydrogens is 304 g/mol. The normalized spacial score (nSPS) is 11.3. The highest BCUT2D eigenvalue weighted by atomic mass is 35.5. The Bertz CT molecular complexity index is 836. The predicted molar refractivity (Wildman–Crippen MR) is 96.5 cm³/mol. The molecule has 112 valence electrons. The number of rotatable bonds is 4. The van der Waals surface area contributed by atoms with E-state index in [1.54, 1.807) is 0 Å². The fraction of sp³-hybridized carbons (Fsp3) is 0. The van der Waals surface area contributed by atoms with Gasteiger partial charge in [0.15, 0.2) is 5.78 Å². The second-order valence-electron chi connectivity index (χ2n) is 5.17. The molecule has 0 aromatic heterocycles. The lowest BCUT2D eigenvalue weighted by Crippen LogP contribution is -2.02. The maximum absolute atomic E-state index is 12.9. The van der Waals surface area contributed by atoms with Crippen molar-refractivity contribution in [1.29, 1.82) is 0 Å². The Balaban J connectivity index is 2.10. The fourth-order valence-electron chi connectivity index (χ4n) is 2.41. The van der Waals surface area contributed by atoms with Gasteiger partial charge in [0.25, 0.3) is 0 Å². The Kier molecular flexibility index (Phi) is 4.70. The highest BCUT2D eigenvalue weighted by molar-refractivity contribution is 6.33. The smallest absolute Gasteiger partial charge is 0.193 e. The van der Waals surface area contributed by atoms with E-state index >= 15 is 0 Å². The minimum Gasteiger partial charge on any atom is -0.289 e. The summed E-state index contributed by atoms with van der Waals surface area (Å²) in [5.41, 5.74) is 3.12.